The van der Waals surface area contributed by atoms with Gasteiger partial charge in [0, 0.05) is 19.7 Å². The van der Waals surface area contributed by atoms with Crippen molar-refractivity contribution in [1.82, 2.24) is 4.90 Å². The molecule has 4 atom stereocenters. The van der Waals surface area contributed by atoms with Gasteiger partial charge in [-0.3, -0.25) is 0 Å². The van der Waals surface area contributed by atoms with Crippen LogP contribution in [0.3, 0.4) is 0 Å². The first kappa shape index (κ1) is 11.0. The zero-order chi connectivity index (χ0) is 11.0. The lowest BCUT2D eigenvalue weighted by Crippen LogP contribution is -2.40. The molecule has 1 aliphatic heterocycles. The molecule has 0 spiro atoms. The van der Waals surface area contributed by atoms with Gasteiger partial charge in [0.25, 0.3) is 0 Å². The third-order valence-electron chi connectivity index (χ3n) is 5.24. The molecule has 2 saturated carbocycles. The number of hydrogen-bond donors (Lipinski definition) is 1. The molecule has 0 amide bonds. The van der Waals surface area contributed by atoms with Crippen LogP contribution in [0.1, 0.15) is 38.5 Å². The minimum Gasteiger partial charge on any atom is -0.396 e. The van der Waals surface area contributed by atoms with E-state index < -0.39 is 0 Å². The largest absolute Gasteiger partial charge is 0.396 e. The second-order valence-corrected chi connectivity index (χ2v) is 6.39. The minimum absolute atomic E-state index is 0.396. The molecular weight excluding hydrogens is 198 g/mol. The van der Waals surface area contributed by atoms with Crippen molar-refractivity contribution >= 4 is 0 Å². The second-order valence-electron chi connectivity index (χ2n) is 6.39. The van der Waals surface area contributed by atoms with Crippen molar-refractivity contribution in [3.8, 4) is 0 Å². The first-order valence-electron chi connectivity index (χ1n) is 7.18. The molecule has 1 N–H and O–H groups in total. The molecule has 1 saturated heterocycles. The number of fused-ring (bicyclic) bond motifs is 2. The summed E-state index contributed by atoms with van der Waals surface area (Å²) in [5.74, 6) is 3.69. The summed E-state index contributed by atoms with van der Waals surface area (Å²) >= 11 is 0. The number of nitrogens with zero attached hydrogens (tertiary/aromatic N) is 1. The molecule has 1 heterocycles. The number of likely N-dealkylation sites (tertiary alicyclic amines) is 1. The monoisotopic (exact) mass is 223 g/mol. The van der Waals surface area contributed by atoms with E-state index in [2.05, 4.69) is 4.90 Å². The zero-order valence-corrected chi connectivity index (χ0v) is 10.3. The van der Waals surface area contributed by atoms with Crippen LogP contribution in [0, 0.1) is 23.7 Å². The van der Waals surface area contributed by atoms with Gasteiger partial charge in [-0.05, 0) is 62.3 Å². The Balaban J connectivity index is 1.51. The Hall–Kier alpha value is -0.0800. The van der Waals surface area contributed by atoms with Crippen LogP contribution in [0.2, 0.25) is 0 Å². The van der Waals surface area contributed by atoms with Crippen LogP contribution in [0.15, 0.2) is 0 Å². The van der Waals surface area contributed by atoms with E-state index in [0.29, 0.717) is 12.5 Å². The van der Waals surface area contributed by atoms with Gasteiger partial charge in [0.2, 0.25) is 0 Å². The summed E-state index contributed by atoms with van der Waals surface area (Å²) in [7, 11) is 0. The van der Waals surface area contributed by atoms with Crippen LogP contribution in [0.25, 0.3) is 0 Å². The van der Waals surface area contributed by atoms with Crippen molar-refractivity contribution in [1.29, 1.82) is 0 Å². The van der Waals surface area contributed by atoms with Gasteiger partial charge >= 0.3 is 0 Å². The Labute approximate surface area is 99.0 Å². The molecule has 3 aliphatic rings. The Kier molecular flexibility index (Phi) is 3.21. The summed E-state index contributed by atoms with van der Waals surface area (Å²) < 4.78 is 0. The van der Waals surface area contributed by atoms with Crippen molar-refractivity contribution in [2.75, 3.05) is 26.2 Å². The highest BCUT2D eigenvalue weighted by atomic mass is 16.3. The predicted octanol–water partition coefficient (Wildman–Crippen LogP) is 2.13. The van der Waals surface area contributed by atoms with Crippen molar-refractivity contribution in [3.05, 3.63) is 0 Å². The Morgan fingerprint density at radius 1 is 1.12 bits per heavy atom. The molecule has 92 valence electrons. The highest BCUT2D eigenvalue weighted by Gasteiger charge is 2.40. The van der Waals surface area contributed by atoms with Gasteiger partial charge in [-0.2, -0.15) is 0 Å². The number of hydrogen-bond acceptors (Lipinski definition) is 2. The summed E-state index contributed by atoms with van der Waals surface area (Å²) in [5.41, 5.74) is 0. The van der Waals surface area contributed by atoms with Gasteiger partial charge in [-0.15, -0.1) is 0 Å². The second kappa shape index (κ2) is 4.66. The van der Waals surface area contributed by atoms with Crippen molar-refractivity contribution < 1.29 is 5.11 Å². The summed E-state index contributed by atoms with van der Waals surface area (Å²) in [6.07, 6.45) is 8.59. The van der Waals surface area contributed by atoms with Gasteiger partial charge in [-0.1, -0.05) is 6.42 Å². The maximum absolute atomic E-state index is 9.25. The molecule has 0 aromatic carbocycles. The fourth-order valence-corrected chi connectivity index (χ4v) is 4.40. The molecule has 2 nitrogen and oxygen atoms in total. The first-order valence-corrected chi connectivity index (χ1v) is 7.18. The lowest BCUT2D eigenvalue weighted by Gasteiger charge is -2.35. The van der Waals surface area contributed by atoms with Crippen LogP contribution in [0.5, 0.6) is 0 Å². The minimum atomic E-state index is 0.396. The molecule has 2 heteroatoms. The van der Waals surface area contributed by atoms with E-state index in [1.54, 1.807) is 0 Å². The fraction of sp³-hybridized carbons (Fsp3) is 1.00. The molecule has 0 radical (unpaired) electrons. The maximum Gasteiger partial charge on any atom is 0.0471 e. The Morgan fingerprint density at radius 2 is 2.06 bits per heavy atom. The highest BCUT2D eigenvalue weighted by molar-refractivity contribution is 4.91. The van der Waals surface area contributed by atoms with E-state index in [-0.39, 0.29) is 0 Å². The first-order chi connectivity index (χ1) is 7.85. The molecule has 3 fully saturated rings. The van der Waals surface area contributed by atoms with E-state index in [1.165, 1.54) is 51.6 Å². The average Bonchev–Trinajstić information content (AvgIpc) is 2.91. The summed E-state index contributed by atoms with van der Waals surface area (Å²) in [6.45, 7) is 4.17. The summed E-state index contributed by atoms with van der Waals surface area (Å²) in [6, 6.07) is 0. The molecular formula is C14H25NO. The van der Waals surface area contributed by atoms with Crippen LogP contribution in [0.4, 0.5) is 0 Å². The third-order valence-corrected chi connectivity index (χ3v) is 5.24. The van der Waals surface area contributed by atoms with Crippen LogP contribution in [-0.2, 0) is 0 Å². The highest BCUT2D eigenvalue weighted by Crippen LogP contribution is 2.48. The third kappa shape index (κ3) is 2.14. The molecule has 16 heavy (non-hydrogen) atoms. The van der Waals surface area contributed by atoms with E-state index in [0.717, 1.165) is 24.3 Å². The van der Waals surface area contributed by atoms with Gasteiger partial charge < -0.3 is 10.0 Å². The van der Waals surface area contributed by atoms with Gasteiger partial charge in [-0.25, -0.2) is 0 Å². The summed E-state index contributed by atoms with van der Waals surface area (Å²) in [5, 5.41) is 9.25. The fourth-order valence-electron chi connectivity index (χ4n) is 4.40. The quantitative estimate of drug-likeness (QED) is 0.792. The average molecular weight is 223 g/mol. The van der Waals surface area contributed by atoms with E-state index in [1.807, 2.05) is 0 Å². The standard InChI is InChI=1S/C14H25NO/c16-10-12-2-1-5-15(8-12)9-14-7-11-3-4-13(14)6-11/h11-14,16H,1-10H2. The molecule has 0 aromatic heterocycles. The van der Waals surface area contributed by atoms with E-state index in [4.69, 9.17) is 0 Å². The normalized spacial score (nSPS) is 44.1. The lowest BCUT2D eigenvalue weighted by atomic mass is 9.87. The van der Waals surface area contributed by atoms with Crippen LogP contribution in [-0.4, -0.2) is 36.2 Å². The Morgan fingerprint density at radius 3 is 2.75 bits per heavy atom. The van der Waals surface area contributed by atoms with Gasteiger partial charge in [0.15, 0.2) is 0 Å². The predicted molar refractivity (Wildman–Crippen MR) is 65.2 cm³/mol. The molecule has 0 aromatic rings. The molecule has 4 unspecified atom stereocenters. The number of rotatable bonds is 3. The number of piperidine rings is 1. The van der Waals surface area contributed by atoms with E-state index >= 15 is 0 Å². The zero-order valence-electron chi connectivity index (χ0n) is 10.3. The topological polar surface area (TPSA) is 23.5 Å². The van der Waals surface area contributed by atoms with Crippen molar-refractivity contribution in [3.63, 3.8) is 0 Å². The van der Waals surface area contributed by atoms with Gasteiger partial charge in [0.05, 0.1) is 0 Å². The molecule has 2 bridgehead atoms. The van der Waals surface area contributed by atoms with Crippen molar-refractivity contribution in [2.45, 2.75) is 38.5 Å². The Bertz CT molecular complexity index is 243. The maximum atomic E-state index is 9.25. The van der Waals surface area contributed by atoms with Crippen LogP contribution < -0.4 is 0 Å². The summed E-state index contributed by atoms with van der Waals surface area (Å²) in [4.78, 5) is 2.63. The van der Waals surface area contributed by atoms with Gasteiger partial charge in [0.1, 0.15) is 0 Å². The van der Waals surface area contributed by atoms with Crippen molar-refractivity contribution in [2.24, 2.45) is 23.7 Å². The SMILES string of the molecule is OCC1CCCN(CC2CC3CCC2C3)C1. The molecule has 3 rings (SSSR count). The van der Waals surface area contributed by atoms with Crippen LogP contribution >= 0.6 is 0 Å². The number of aliphatic hydroxyl groups excluding tert-OH is 1. The lowest BCUT2D eigenvalue weighted by molar-refractivity contribution is 0.0974. The smallest absolute Gasteiger partial charge is 0.0471 e. The molecule has 2 aliphatic carbocycles. The number of aliphatic hydroxyl groups is 1. The van der Waals surface area contributed by atoms with E-state index in [9.17, 15) is 5.11 Å².